The van der Waals surface area contributed by atoms with Gasteiger partial charge in [-0.05, 0) is 57.0 Å². The summed E-state index contributed by atoms with van der Waals surface area (Å²) in [6.07, 6.45) is 14.9. The molecule has 2 aliphatic heterocycles. The van der Waals surface area contributed by atoms with E-state index in [2.05, 4.69) is 22.4 Å². The fourth-order valence-corrected chi connectivity index (χ4v) is 6.77. The van der Waals surface area contributed by atoms with Gasteiger partial charge in [0.05, 0.1) is 11.8 Å². The first-order valence-corrected chi connectivity index (χ1v) is 11.6. The van der Waals surface area contributed by atoms with Crippen molar-refractivity contribution < 1.29 is 14.4 Å². The lowest BCUT2D eigenvalue weighted by Crippen LogP contribution is -2.58. The van der Waals surface area contributed by atoms with Gasteiger partial charge in [-0.15, -0.1) is 0 Å². The first-order valence-electron chi connectivity index (χ1n) is 11.6. The molecule has 0 aromatic rings. The molecule has 4 fully saturated rings. The van der Waals surface area contributed by atoms with Crippen LogP contribution < -0.4 is 5.32 Å². The number of likely N-dealkylation sites (tertiary alicyclic amines) is 2. The van der Waals surface area contributed by atoms with Crippen molar-refractivity contribution in [3.05, 3.63) is 12.2 Å². The Balaban J connectivity index is 1.21. The molecule has 2 saturated heterocycles. The molecule has 1 N–H and O–H groups in total. The van der Waals surface area contributed by atoms with E-state index in [0.717, 1.165) is 32.4 Å². The van der Waals surface area contributed by atoms with Crippen LogP contribution >= 0.6 is 0 Å². The number of amides is 3. The Morgan fingerprint density at radius 3 is 2.14 bits per heavy atom. The quantitative estimate of drug-likeness (QED) is 0.568. The topological polar surface area (TPSA) is 69.7 Å². The van der Waals surface area contributed by atoms with Crippen LogP contribution in [0.5, 0.6) is 0 Å². The number of nitrogens with zero attached hydrogens (tertiary/aromatic N) is 2. The molecule has 0 aromatic carbocycles. The molecule has 2 bridgehead atoms. The number of hydrogen-bond acceptors (Lipinski definition) is 4. The molecule has 5 rings (SSSR count). The lowest BCUT2D eigenvalue weighted by molar-refractivity contribution is -0.144. The maximum absolute atomic E-state index is 12.8. The second-order valence-corrected chi connectivity index (χ2v) is 9.87. The number of rotatable bonds is 5. The second-order valence-electron chi connectivity index (χ2n) is 9.87. The van der Waals surface area contributed by atoms with Crippen molar-refractivity contribution in [2.24, 2.45) is 23.7 Å². The van der Waals surface area contributed by atoms with Crippen LogP contribution in [0.2, 0.25) is 0 Å². The van der Waals surface area contributed by atoms with E-state index in [-0.39, 0.29) is 53.5 Å². The summed E-state index contributed by atoms with van der Waals surface area (Å²) in [6, 6.07) is 0. The van der Waals surface area contributed by atoms with E-state index in [1.165, 1.54) is 43.4 Å². The smallest absolute Gasteiger partial charge is 0.240 e. The average Bonchev–Trinajstić information content (AvgIpc) is 3.44. The van der Waals surface area contributed by atoms with Crippen LogP contribution in [0.25, 0.3) is 0 Å². The zero-order chi connectivity index (χ0) is 20.0. The van der Waals surface area contributed by atoms with Gasteiger partial charge in [-0.2, -0.15) is 0 Å². The van der Waals surface area contributed by atoms with E-state index in [1.807, 2.05) is 0 Å². The first kappa shape index (κ1) is 19.3. The van der Waals surface area contributed by atoms with E-state index < -0.39 is 0 Å². The summed E-state index contributed by atoms with van der Waals surface area (Å²) in [7, 11) is 0. The zero-order valence-corrected chi connectivity index (χ0v) is 17.3. The van der Waals surface area contributed by atoms with Gasteiger partial charge in [-0.1, -0.05) is 37.8 Å². The van der Waals surface area contributed by atoms with Crippen molar-refractivity contribution in [3.63, 3.8) is 0 Å². The fourth-order valence-electron chi connectivity index (χ4n) is 6.77. The molecule has 2 heterocycles. The highest BCUT2D eigenvalue weighted by Crippen LogP contribution is 2.52. The molecule has 0 unspecified atom stereocenters. The van der Waals surface area contributed by atoms with Gasteiger partial charge in [0.25, 0.3) is 0 Å². The average molecular weight is 400 g/mol. The number of hydrogen-bond donors (Lipinski definition) is 1. The van der Waals surface area contributed by atoms with Gasteiger partial charge in [0, 0.05) is 12.1 Å². The van der Waals surface area contributed by atoms with Crippen molar-refractivity contribution in [2.75, 3.05) is 26.2 Å². The summed E-state index contributed by atoms with van der Waals surface area (Å²) < 4.78 is 0. The van der Waals surface area contributed by atoms with Crippen LogP contribution in [0.3, 0.4) is 0 Å². The van der Waals surface area contributed by atoms with Crippen molar-refractivity contribution >= 4 is 17.7 Å². The number of carbonyl (C=O) groups excluding carboxylic acids is 3. The second kappa shape index (κ2) is 7.53. The fraction of sp³-hybridized carbons (Fsp3) is 0.783. The molecule has 0 radical (unpaired) electrons. The molecule has 5 aliphatic rings. The highest BCUT2D eigenvalue weighted by atomic mass is 16.2. The summed E-state index contributed by atoms with van der Waals surface area (Å²) in [5.41, 5.74) is 0.0624. The molecular weight excluding hydrogens is 366 g/mol. The standard InChI is InChI=1S/C23H33N3O3/c27-18(14-26-21(28)19-16-7-8-17(13-16)20(19)22(26)29)24-15-23(9-3-1-4-10-23)25-11-5-2-6-12-25/h7-8,16-17,19-20H,1-6,9-15H2,(H,24,27)/t16-,17-,19-,20+/m1/s1. The molecule has 4 atom stereocenters. The number of piperidine rings is 1. The van der Waals surface area contributed by atoms with Crippen molar-refractivity contribution in [2.45, 2.75) is 63.3 Å². The number of nitrogens with one attached hydrogen (secondary N) is 1. The van der Waals surface area contributed by atoms with Gasteiger partial charge >= 0.3 is 0 Å². The van der Waals surface area contributed by atoms with Crippen molar-refractivity contribution in [1.82, 2.24) is 15.1 Å². The summed E-state index contributed by atoms with van der Waals surface area (Å²) in [5.74, 6) is -0.496. The van der Waals surface area contributed by atoms with Crippen LogP contribution in [0.15, 0.2) is 12.2 Å². The SMILES string of the molecule is O=C(CN1C(=O)[C@@H]2[C@H](C1=O)[C@@H]1C=C[C@@H]2C1)NCC1(N2CCCCC2)CCCCC1. The van der Waals surface area contributed by atoms with Gasteiger partial charge in [0.2, 0.25) is 17.7 Å². The van der Waals surface area contributed by atoms with Crippen LogP contribution in [0.4, 0.5) is 0 Å². The highest BCUT2D eigenvalue weighted by molar-refractivity contribution is 6.08. The molecule has 6 nitrogen and oxygen atoms in total. The highest BCUT2D eigenvalue weighted by Gasteiger charge is 2.59. The summed E-state index contributed by atoms with van der Waals surface area (Å²) in [6.45, 7) is 2.78. The summed E-state index contributed by atoms with van der Waals surface area (Å²) >= 11 is 0. The van der Waals surface area contributed by atoms with E-state index in [9.17, 15) is 14.4 Å². The third-order valence-corrected chi connectivity index (χ3v) is 8.29. The van der Waals surface area contributed by atoms with Gasteiger partial charge in [-0.25, -0.2) is 0 Å². The van der Waals surface area contributed by atoms with E-state index >= 15 is 0 Å². The molecule has 2 saturated carbocycles. The third kappa shape index (κ3) is 3.24. The summed E-state index contributed by atoms with van der Waals surface area (Å²) in [5, 5.41) is 3.12. The third-order valence-electron chi connectivity index (χ3n) is 8.29. The molecule has 29 heavy (non-hydrogen) atoms. The molecule has 0 spiro atoms. The van der Waals surface area contributed by atoms with E-state index in [4.69, 9.17) is 0 Å². The first-order chi connectivity index (χ1) is 14.1. The van der Waals surface area contributed by atoms with Crippen molar-refractivity contribution in [3.8, 4) is 0 Å². The number of fused-ring (bicyclic) bond motifs is 5. The number of imide groups is 1. The molecule has 158 valence electrons. The Morgan fingerprint density at radius 1 is 0.931 bits per heavy atom. The molecule has 3 aliphatic carbocycles. The number of allylic oxidation sites excluding steroid dienone is 2. The minimum atomic E-state index is -0.219. The van der Waals surface area contributed by atoms with Crippen LogP contribution in [-0.2, 0) is 14.4 Å². The Hall–Kier alpha value is -1.69. The molecule has 3 amide bonds. The van der Waals surface area contributed by atoms with Crippen LogP contribution in [0, 0.1) is 23.7 Å². The van der Waals surface area contributed by atoms with Crippen molar-refractivity contribution in [1.29, 1.82) is 0 Å². The van der Waals surface area contributed by atoms with Gasteiger partial charge < -0.3 is 5.32 Å². The Bertz CT molecular complexity index is 691. The summed E-state index contributed by atoms with van der Waals surface area (Å²) in [4.78, 5) is 42.3. The Labute approximate surface area is 173 Å². The monoisotopic (exact) mass is 399 g/mol. The molecule has 6 heteroatoms. The van der Waals surface area contributed by atoms with E-state index in [0.29, 0.717) is 6.54 Å². The molecular formula is C23H33N3O3. The van der Waals surface area contributed by atoms with Crippen LogP contribution in [0.1, 0.15) is 57.8 Å². The maximum Gasteiger partial charge on any atom is 0.240 e. The van der Waals surface area contributed by atoms with Crippen LogP contribution in [-0.4, -0.2) is 59.2 Å². The predicted molar refractivity (Wildman–Crippen MR) is 109 cm³/mol. The van der Waals surface area contributed by atoms with Gasteiger partial charge in [0.15, 0.2) is 0 Å². The molecule has 0 aromatic heterocycles. The normalized spacial score (nSPS) is 35.9. The maximum atomic E-state index is 12.8. The van der Waals surface area contributed by atoms with Gasteiger partial charge in [-0.3, -0.25) is 24.2 Å². The largest absolute Gasteiger partial charge is 0.353 e. The lowest BCUT2D eigenvalue weighted by Gasteiger charge is -2.48. The predicted octanol–water partition coefficient (Wildman–Crippen LogP) is 2.10. The minimum absolute atomic E-state index is 0.0624. The minimum Gasteiger partial charge on any atom is -0.353 e. The Kier molecular flexibility index (Phi) is 5.01. The lowest BCUT2D eigenvalue weighted by atomic mass is 9.79. The zero-order valence-electron chi connectivity index (χ0n) is 17.3. The van der Waals surface area contributed by atoms with E-state index in [1.54, 1.807) is 0 Å². The number of carbonyl (C=O) groups is 3. The Morgan fingerprint density at radius 2 is 1.52 bits per heavy atom. The van der Waals surface area contributed by atoms with Gasteiger partial charge in [0.1, 0.15) is 6.54 Å².